The minimum absolute atomic E-state index is 0.122. The molecule has 0 saturated carbocycles. The molecule has 1 aromatic heterocycles. The number of hydrogen-bond donors (Lipinski definition) is 0. The largest absolute Gasteiger partial charge is 0.205 e. The third-order valence-corrected chi connectivity index (χ3v) is 3.55. The van der Waals surface area contributed by atoms with Gasteiger partial charge in [-0.25, -0.2) is 4.39 Å². The highest BCUT2D eigenvalue weighted by Crippen LogP contribution is 2.34. The van der Waals surface area contributed by atoms with Crippen molar-refractivity contribution in [3.8, 4) is 0 Å². The highest BCUT2D eigenvalue weighted by atomic mass is 32.1. The van der Waals surface area contributed by atoms with Gasteiger partial charge in [0.15, 0.2) is 0 Å². The Morgan fingerprint density at radius 3 is 2.57 bits per heavy atom. The molecular formula is C12H7FS. The Hall–Kier alpha value is -1.41. The molecule has 0 unspecified atom stereocenters. The van der Waals surface area contributed by atoms with Crippen LogP contribution in [-0.2, 0) is 0 Å². The van der Waals surface area contributed by atoms with Crippen LogP contribution in [0.4, 0.5) is 4.39 Å². The van der Waals surface area contributed by atoms with Gasteiger partial charge in [0.25, 0.3) is 0 Å². The van der Waals surface area contributed by atoms with Crippen molar-refractivity contribution < 1.29 is 4.39 Å². The van der Waals surface area contributed by atoms with Crippen LogP contribution >= 0.6 is 11.3 Å². The minimum atomic E-state index is -0.122. The fraction of sp³-hybridized carbons (Fsp3) is 0. The number of rotatable bonds is 0. The van der Waals surface area contributed by atoms with E-state index in [2.05, 4.69) is 0 Å². The quantitative estimate of drug-likeness (QED) is 0.512. The monoisotopic (exact) mass is 202 g/mol. The maximum absolute atomic E-state index is 13.4. The van der Waals surface area contributed by atoms with Crippen molar-refractivity contribution in [1.82, 2.24) is 0 Å². The first-order valence-corrected chi connectivity index (χ1v) is 5.24. The van der Waals surface area contributed by atoms with E-state index in [1.54, 1.807) is 6.07 Å². The van der Waals surface area contributed by atoms with Crippen LogP contribution in [0.2, 0.25) is 0 Å². The summed E-state index contributed by atoms with van der Waals surface area (Å²) in [7, 11) is 0. The van der Waals surface area contributed by atoms with Crippen molar-refractivity contribution in [2.24, 2.45) is 0 Å². The van der Waals surface area contributed by atoms with Crippen LogP contribution in [0.5, 0.6) is 0 Å². The first-order chi connectivity index (χ1) is 6.86. The normalized spacial score (nSPS) is 11.2. The van der Waals surface area contributed by atoms with Crippen molar-refractivity contribution in [2.45, 2.75) is 0 Å². The van der Waals surface area contributed by atoms with Gasteiger partial charge >= 0.3 is 0 Å². The molecule has 0 fully saturated rings. The van der Waals surface area contributed by atoms with Crippen molar-refractivity contribution in [3.63, 3.8) is 0 Å². The van der Waals surface area contributed by atoms with Gasteiger partial charge in [-0.05, 0) is 12.1 Å². The van der Waals surface area contributed by atoms with Crippen LogP contribution < -0.4 is 0 Å². The van der Waals surface area contributed by atoms with Gasteiger partial charge in [0.1, 0.15) is 5.82 Å². The molecule has 14 heavy (non-hydrogen) atoms. The van der Waals surface area contributed by atoms with Crippen molar-refractivity contribution >= 4 is 31.5 Å². The van der Waals surface area contributed by atoms with Gasteiger partial charge in [-0.2, -0.15) is 0 Å². The van der Waals surface area contributed by atoms with E-state index in [1.165, 1.54) is 17.4 Å². The molecule has 0 saturated heterocycles. The summed E-state index contributed by atoms with van der Waals surface area (Å²) >= 11 is 1.51. The lowest BCUT2D eigenvalue weighted by atomic mass is 10.1. The third-order valence-electron chi connectivity index (χ3n) is 2.36. The lowest BCUT2D eigenvalue weighted by Gasteiger charge is -1.90. The molecule has 2 heteroatoms. The summed E-state index contributed by atoms with van der Waals surface area (Å²) in [6.07, 6.45) is 0. The van der Waals surface area contributed by atoms with E-state index in [9.17, 15) is 4.39 Å². The molecule has 0 radical (unpaired) electrons. The zero-order valence-electron chi connectivity index (χ0n) is 7.33. The summed E-state index contributed by atoms with van der Waals surface area (Å²) < 4.78 is 15.3. The maximum atomic E-state index is 13.4. The first kappa shape index (κ1) is 7.94. The number of hydrogen-bond acceptors (Lipinski definition) is 1. The Morgan fingerprint density at radius 2 is 1.64 bits per heavy atom. The fourth-order valence-electron chi connectivity index (χ4n) is 1.71. The fourth-order valence-corrected chi connectivity index (χ4v) is 2.82. The molecule has 3 aromatic rings. The number of benzene rings is 2. The topological polar surface area (TPSA) is 0 Å². The van der Waals surface area contributed by atoms with Gasteiger partial charge in [-0.15, -0.1) is 11.3 Å². The lowest BCUT2D eigenvalue weighted by molar-refractivity contribution is 0.642. The zero-order valence-corrected chi connectivity index (χ0v) is 8.14. The molecular weight excluding hydrogens is 195 g/mol. The van der Waals surface area contributed by atoms with Crippen LogP contribution in [-0.4, -0.2) is 0 Å². The van der Waals surface area contributed by atoms with Gasteiger partial charge in [0.05, 0.1) is 4.70 Å². The van der Waals surface area contributed by atoms with Crippen molar-refractivity contribution in [2.75, 3.05) is 0 Å². The Morgan fingerprint density at radius 1 is 0.857 bits per heavy atom. The molecule has 0 aliphatic heterocycles. The molecule has 0 aliphatic rings. The molecule has 0 amide bonds. The standard InChI is InChI=1S/C12H7FS/c13-10-6-3-5-9-8-4-1-2-7-11(8)14-12(9)10/h1-7H. The van der Waals surface area contributed by atoms with Crippen LogP contribution in [0.25, 0.3) is 20.2 Å². The van der Waals surface area contributed by atoms with Gasteiger partial charge in [0.2, 0.25) is 0 Å². The second-order valence-electron chi connectivity index (χ2n) is 3.21. The molecule has 0 N–H and O–H groups in total. The summed E-state index contributed by atoms with van der Waals surface area (Å²) in [6.45, 7) is 0. The van der Waals surface area contributed by atoms with E-state index < -0.39 is 0 Å². The highest BCUT2D eigenvalue weighted by molar-refractivity contribution is 7.25. The molecule has 68 valence electrons. The van der Waals surface area contributed by atoms with Gasteiger partial charge < -0.3 is 0 Å². The van der Waals surface area contributed by atoms with E-state index in [1.807, 2.05) is 30.3 Å². The van der Waals surface area contributed by atoms with Gasteiger partial charge in [-0.3, -0.25) is 0 Å². The number of fused-ring (bicyclic) bond motifs is 3. The summed E-state index contributed by atoms with van der Waals surface area (Å²) in [5, 5.41) is 2.16. The summed E-state index contributed by atoms with van der Waals surface area (Å²) in [5.41, 5.74) is 0. The van der Waals surface area contributed by atoms with E-state index >= 15 is 0 Å². The minimum Gasteiger partial charge on any atom is -0.205 e. The number of thiophene rings is 1. The average Bonchev–Trinajstić information content (AvgIpc) is 2.59. The number of halogens is 1. The predicted octanol–water partition coefficient (Wildman–Crippen LogP) is 4.19. The second-order valence-corrected chi connectivity index (χ2v) is 4.27. The van der Waals surface area contributed by atoms with Crippen LogP contribution in [0.15, 0.2) is 42.5 Å². The SMILES string of the molecule is Fc1cccc2c1sc1ccccc12. The van der Waals surface area contributed by atoms with Crippen LogP contribution in [0.3, 0.4) is 0 Å². The Labute approximate surface area is 84.6 Å². The summed E-state index contributed by atoms with van der Waals surface area (Å²) in [4.78, 5) is 0. The molecule has 0 bridgehead atoms. The van der Waals surface area contributed by atoms with Crippen molar-refractivity contribution in [1.29, 1.82) is 0 Å². The molecule has 0 aliphatic carbocycles. The lowest BCUT2D eigenvalue weighted by Crippen LogP contribution is -1.70. The Bertz CT molecular complexity index is 610. The molecule has 1 heterocycles. The van der Waals surface area contributed by atoms with Crippen LogP contribution in [0.1, 0.15) is 0 Å². The first-order valence-electron chi connectivity index (χ1n) is 4.42. The van der Waals surface area contributed by atoms with Crippen molar-refractivity contribution in [3.05, 3.63) is 48.3 Å². The maximum Gasteiger partial charge on any atom is 0.141 e. The molecule has 0 atom stereocenters. The van der Waals surface area contributed by atoms with E-state index in [0.717, 1.165) is 20.2 Å². The van der Waals surface area contributed by atoms with Crippen LogP contribution in [0, 0.1) is 5.82 Å². The summed E-state index contributed by atoms with van der Waals surface area (Å²) in [5.74, 6) is -0.122. The predicted molar refractivity (Wildman–Crippen MR) is 59.3 cm³/mol. The van der Waals surface area contributed by atoms with E-state index in [4.69, 9.17) is 0 Å². The third kappa shape index (κ3) is 0.976. The van der Waals surface area contributed by atoms with E-state index in [0.29, 0.717) is 0 Å². The molecule has 3 rings (SSSR count). The smallest absolute Gasteiger partial charge is 0.141 e. The zero-order chi connectivity index (χ0) is 9.54. The second kappa shape index (κ2) is 2.79. The average molecular weight is 202 g/mol. The van der Waals surface area contributed by atoms with E-state index in [-0.39, 0.29) is 5.82 Å². The Kier molecular flexibility index (Phi) is 1.58. The van der Waals surface area contributed by atoms with Gasteiger partial charge in [-0.1, -0.05) is 30.3 Å². The van der Waals surface area contributed by atoms with Gasteiger partial charge in [0, 0.05) is 15.5 Å². The molecule has 0 spiro atoms. The highest BCUT2D eigenvalue weighted by Gasteiger charge is 2.06. The Balaban J connectivity index is 2.63. The summed E-state index contributed by atoms with van der Waals surface area (Å²) in [6, 6.07) is 13.3. The molecule has 0 nitrogen and oxygen atoms in total. The molecule has 2 aromatic carbocycles.